The Labute approximate surface area is 116 Å². The Bertz CT molecular complexity index is 547. The fraction of sp³-hybridized carbons (Fsp3) is 0.429. The van der Waals surface area contributed by atoms with Crippen molar-refractivity contribution in [3.63, 3.8) is 0 Å². The van der Waals surface area contributed by atoms with Gasteiger partial charge in [-0.15, -0.1) is 0 Å². The van der Waals surface area contributed by atoms with Crippen LogP contribution >= 0.6 is 0 Å². The molecule has 0 spiro atoms. The molecule has 2 atom stereocenters. The Balaban J connectivity index is 2.04. The summed E-state index contributed by atoms with van der Waals surface area (Å²) in [6.45, 7) is 4.05. The zero-order chi connectivity index (χ0) is 14.9. The Hall–Kier alpha value is -2.11. The highest BCUT2D eigenvalue weighted by molar-refractivity contribution is 5.90. The van der Waals surface area contributed by atoms with E-state index in [4.69, 9.17) is 5.11 Å². The maximum atomic E-state index is 13.7. The van der Waals surface area contributed by atoms with Crippen LogP contribution in [0.25, 0.3) is 0 Å². The first-order valence-electron chi connectivity index (χ1n) is 6.43. The molecule has 108 valence electrons. The van der Waals surface area contributed by atoms with E-state index in [1.807, 2.05) is 0 Å². The van der Waals surface area contributed by atoms with Crippen LogP contribution in [0.15, 0.2) is 18.2 Å². The van der Waals surface area contributed by atoms with E-state index >= 15 is 0 Å². The summed E-state index contributed by atoms with van der Waals surface area (Å²) >= 11 is 0. The molecule has 2 rings (SSSR count). The molecule has 1 saturated heterocycles. The normalized spacial score (nSPS) is 21.9. The third-order valence-electron chi connectivity index (χ3n) is 3.58. The number of aliphatic carboxylic acids is 1. The Morgan fingerprint density at radius 2 is 2.10 bits per heavy atom. The highest BCUT2D eigenvalue weighted by atomic mass is 19.1. The molecule has 2 N–H and O–H groups in total. The van der Waals surface area contributed by atoms with E-state index in [2.05, 4.69) is 5.32 Å². The fourth-order valence-corrected chi connectivity index (χ4v) is 2.37. The van der Waals surface area contributed by atoms with Gasteiger partial charge in [-0.05, 0) is 30.5 Å². The van der Waals surface area contributed by atoms with Crippen LogP contribution in [0.3, 0.4) is 0 Å². The van der Waals surface area contributed by atoms with Gasteiger partial charge in [0.1, 0.15) is 5.82 Å². The Morgan fingerprint density at radius 1 is 1.40 bits per heavy atom. The first kappa shape index (κ1) is 14.3. The van der Waals surface area contributed by atoms with Gasteiger partial charge in [-0.2, -0.15) is 0 Å². The maximum Gasteiger partial charge on any atom is 0.321 e. The molecule has 1 aromatic rings. The molecule has 0 saturated carbocycles. The minimum atomic E-state index is -0.908. The topological polar surface area (TPSA) is 69.6 Å². The van der Waals surface area contributed by atoms with E-state index in [0.717, 1.165) is 5.56 Å². The van der Waals surface area contributed by atoms with Crippen LogP contribution in [0.5, 0.6) is 0 Å². The summed E-state index contributed by atoms with van der Waals surface area (Å²) in [6.07, 6.45) is 0. The first-order valence-corrected chi connectivity index (χ1v) is 6.43. The summed E-state index contributed by atoms with van der Waals surface area (Å²) < 4.78 is 13.7. The quantitative estimate of drug-likeness (QED) is 0.873. The van der Waals surface area contributed by atoms with Crippen molar-refractivity contribution in [2.45, 2.75) is 13.8 Å². The van der Waals surface area contributed by atoms with E-state index < -0.39 is 23.7 Å². The molecule has 1 aromatic carbocycles. The van der Waals surface area contributed by atoms with Gasteiger partial charge in [0.15, 0.2) is 0 Å². The summed E-state index contributed by atoms with van der Waals surface area (Å²) in [7, 11) is 0. The van der Waals surface area contributed by atoms with Crippen LogP contribution in [0, 0.1) is 24.6 Å². The van der Waals surface area contributed by atoms with Crippen molar-refractivity contribution in [2.75, 3.05) is 18.4 Å². The van der Waals surface area contributed by atoms with E-state index in [-0.39, 0.29) is 18.2 Å². The first-order chi connectivity index (χ1) is 9.38. The lowest BCUT2D eigenvalue weighted by Crippen LogP contribution is -2.34. The predicted octanol–water partition coefficient (Wildman–Crippen LogP) is 2.32. The minimum Gasteiger partial charge on any atom is -0.481 e. The molecule has 2 amide bonds. The second-order valence-electron chi connectivity index (χ2n) is 5.24. The number of benzene rings is 1. The molecule has 1 heterocycles. The van der Waals surface area contributed by atoms with Gasteiger partial charge in [-0.3, -0.25) is 4.79 Å². The minimum absolute atomic E-state index is 0.104. The second-order valence-corrected chi connectivity index (χ2v) is 5.24. The molecular formula is C14H17FN2O3. The molecule has 1 aliphatic rings. The van der Waals surface area contributed by atoms with Gasteiger partial charge in [0, 0.05) is 13.1 Å². The summed E-state index contributed by atoms with van der Waals surface area (Å²) in [4.78, 5) is 24.4. The monoisotopic (exact) mass is 280 g/mol. The second kappa shape index (κ2) is 5.48. The largest absolute Gasteiger partial charge is 0.481 e. The summed E-state index contributed by atoms with van der Waals surface area (Å²) in [5, 5.41) is 11.5. The molecule has 1 aliphatic heterocycles. The highest BCUT2D eigenvalue weighted by Gasteiger charge is 2.37. The van der Waals surface area contributed by atoms with E-state index in [9.17, 15) is 14.0 Å². The van der Waals surface area contributed by atoms with Crippen molar-refractivity contribution < 1.29 is 19.1 Å². The van der Waals surface area contributed by atoms with Crippen molar-refractivity contribution in [1.82, 2.24) is 4.90 Å². The number of hydrogen-bond donors (Lipinski definition) is 2. The van der Waals surface area contributed by atoms with Crippen LogP contribution in [-0.2, 0) is 4.79 Å². The third kappa shape index (κ3) is 2.89. The number of rotatable bonds is 2. The van der Waals surface area contributed by atoms with E-state index in [0.29, 0.717) is 6.54 Å². The molecular weight excluding hydrogens is 263 g/mol. The molecule has 1 fully saturated rings. The lowest BCUT2D eigenvalue weighted by Gasteiger charge is -2.17. The molecule has 6 heteroatoms. The highest BCUT2D eigenvalue weighted by Crippen LogP contribution is 2.24. The fourth-order valence-electron chi connectivity index (χ4n) is 2.37. The third-order valence-corrected chi connectivity index (χ3v) is 3.58. The van der Waals surface area contributed by atoms with Gasteiger partial charge in [-0.1, -0.05) is 13.0 Å². The number of urea groups is 1. The molecule has 2 unspecified atom stereocenters. The number of carbonyl (C=O) groups excluding carboxylic acids is 1. The van der Waals surface area contributed by atoms with Gasteiger partial charge < -0.3 is 15.3 Å². The smallest absolute Gasteiger partial charge is 0.321 e. The van der Waals surface area contributed by atoms with Gasteiger partial charge in [0.05, 0.1) is 11.6 Å². The molecule has 0 bridgehead atoms. The zero-order valence-electron chi connectivity index (χ0n) is 11.4. The van der Waals surface area contributed by atoms with Crippen LogP contribution in [0.1, 0.15) is 12.5 Å². The number of nitrogens with one attached hydrogen (secondary N) is 1. The van der Waals surface area contributed by atoms with E-state index in [1.165, 1.54) is 17.0 Å². The molecule has 20 heavy (non-hydrogen) atoms. The SMILES string of the molecule is Cc1ccc(NC(=O)N2CC(C)C(C(=O)O)C2)c(F)c1. The Morgan fingerprint density at radius 3 is 2.65 bits per heavy atom. The van der Waals surface area contributed by atoms with Gasteiger partial charge in [0.2, 0.25) is 0 Å². The predicted molar refractivity (Wildman–Crippen MR) is 72.0 cm³/mol. The molecule has 0 radical (unpaired) electrons. The summed E-state index contributed by atoms with van der Waals surface area (Å²) in [6, 6.07) is 4.06. The molecule has 5 nitrogen and oxygen atoms in total. The molecule has 0 aromatic heterocycles. The number of likely N-dealkylation sites (tertiary alicyclic amines) is 1. The van der Waals surface area contributed by atoms with Crippen molar-refractivity contribution in [3.05, 3.63) is 29.6 Å². The van der Waals surface area contributed by atoms with Crippen molar-refractivity contribution >= 4 is 17.7 Å². The molecule has 0 aliphatic carbocycles. The average molecular weight is 280 g/mol. The number of aryl methyl sites for hydroxylation is 1. The van der Waals surface area contributed by atoms with Crippen LogP contribution in [0.2, 0.25) is 0 Å². The number of hydrogen-bond acceptors (Lipinski definition) is 2. The zero-order valence-corrected chi connectivity index (χ0v) is 11.4. The lowest BCUT2D eigenvalue weighted by atomic mass is 9.99. The van der Waals surface area contributed by atoms with Crippen LogP contribution in [0.4, 0.5) is 14.9 Å². The number of anilines is 1. The lowest BCUT2D eigenvalue weighted by molar-refractivity contribution is -0.142. The van der Waals surface area contributed by atoms with Crippen molar-refractivity contribution in [2.24, 2.45) is 11.8 Å². The number of carboxylic acids is 1. The number of amides is 2. The number of carbonyl (C=O) groups is 2. The van der Waals surface area contributed by atoms with Gasteiger partial charge >= 0.3 is 12.0 Å². The van der Waals surface area contributed by atoms with E-state index in [1.54, 1.807) is 19.9 Å². The average Bonchev–Trinajstić information content (AvgIpc) is 2.75. The van der Waals surface area contributed by atoms with Gasteiger partial charge in [0.25, 0.3) is 0 Å². The van der Waals surface area contributed by atoms with Gasteiger partial charge in [-0.25, -0.2) is 9.18 Å². The van der Waals surface area contributed by atoms with Crippen molar-refractivity contribution in [1.29, 1.82) is 0 Å². The number of halogens is 1. The summed E-state index contributed by atoms with van der Waals surface area (Å²) in [5.41, 5.74) is 0.869. The number of nitrogens with zero attached hydrogens (tertiary/aromatic N) is 1. The van der Waals surface area contributed by atoms with Crippen LogP contribution < -0.4 is 5.32 Å². The van der Waals surface area contributed by atoms with Crippen molar-refractivity contribution in [3.8, 4) is 0 Å². The summed E-state index contributed by atoms with van der Waals surface area (Å²) in [5.74, 6) is -2.08. The van der Waals surface area contributed by atoms with Crippen LogP contribution in [-0.4, -0.2) is 35.1 Å². The Kier molecular flexibility index (Phi) is 3.92. The number of carboxylic acid groups (broad SMARTS) is 1. The standard InChI is InChI=1S/C14H17FN2O3/c1-8-3-4-12(11(15)5-8)16-14(20)17-6-9(2)10(7-17)13(18)19/h3-5,9-10H,6-7H2,1-2H3,(H,16,20)(H,18,19). The maximum absolute atomic E-state index is 13.7.